The first-order valence-electron chi connectivity index (χ1n) is 9.71. The molecule has 0 unspecified atom stereocenters. The molecule has 2 aliphatic rings. The lowest BCUT2D eigenvalue weighted by molar-refractivity contribution is -0.130. The molecule has 2 heterocycles. The van der Waals surface area contributed by atoms with Gasteiger partial charge in [0.1, 0.15) is 18.4 Å². The summed E-state index contributed by atoms with van der Waals surface area (Å²) < 4.78 is 38.1. The van der Waals surface area contributed by atoms with Crippen LogP contribution in [0.3, 0.4) is 0 Å². The van der Waals surface area contributed by atoms with Gasteiger partial charge in [-0.25, -0.2) is 8.78 Å². The van der Waals surface area contributed by atoms with Gasteiger partial charge in [-0.2, -0.15) is 5.26 Å². The van der Waals surface area contributed by atoms with Gasteiger partial charge in [-0.3, -0.25) is 4.79 Å². The standard InChI is InChI=1S/C22H21F2N3O3/c23-18-9-14-12-30-20-8-13(1-2-16(20)17(14)10-19(18)24)7-15(11-25)27-21(28)22(26)3-5-29-6-4-22/h1-2,8-10,15H,3-7,12,26H2,(H,27,28)/t15-/m0/s1. The summed E-state index contributed by atoms with van der Waals surface area (Å²) in [6.45, 7) is 0.948. The third-order valence-corrected chi connectivity index (χ3v) is 5.60. The minimum atomic E-state index is -1.03. The summed E-state index contributed by atoms with van der Waals surface area (Å²) in [6.07, 6.45) is 1.07. The number of fused-ring (bicyclic) bond motifs is 3. The number of nitriles is 1. The van der Waals surface area contributed by atoms with Crippen LogP contribution in [0.15, 0.2) is 30.3 Å². The molecule has 2 aliphatic heterocycles. The molecule has 3 N–H and O–H groups in total. The predicted octanol–water partition coefficient (Wildman–Crippen LogP) is 2.58. The number of hydrogen-bond acceptors (Lipinski definition) is 5. The van der Waals surface area contributed by atoms with Crippen LogP contribution < -0.4 is 15.8 Å². The molecule has 0 aliphatic carbocycles. The van der Waals surface area contributed by atoms with Crippen molar-refractivity contribution < 1.29 is 23.0 Å². The van der Waals surface area contributed by atoms with Crippen molar-refractivity contribution in [2.24, 2.45) is 5.73 Å². The minimum Gasteiger partial charge on any atom is -0.488 e. The maximum Gasteiger partial charge on any atom is 0.241 e. The molecule has 1 atom stereocenters. The van der Waals surface area contributed by atoms with Crippen molar-refractivity contribution >= 4 is 5.91 Å². The smallest absolute Gasteiger partial charge is 0.241 e. The summed E-state index contributed by atoms with van der Waals surface area (Å²) in [7, 11) is 0. The van der Waals surface area contributed by atoms with Crippen LogP contribution in [0.5, 0.6) is 5.75 Å². The Morgan fingerprint density at radius 1 is 1.20 bits per heavy atom. The van der Waals surface area contributed by atoms with Crippen LogP contribution in [0.4, 0.5) is 8.78 Å². The first kappa shape index (κ1) is 20.3. The van der Waals surface area contributed by atoms with Gasteiger partial charge in [0.15, 0.2) is 11.6 Å². The van der Waals surface area contributed by atoms with Gasteiger partial charge in [0, 0.05) is 30.8 Å². The minimum absolute atomic E-state index is 0.124. The van der Waals surface area contributed by atoms with E-state index in [-0.39, 0.29) is 18.9 Å². The first-order chi connectivity index (χ1) is 14.4. The van der Waals surface area contributed by atoms with Gasteiger partial charge in [0.2, 0.25) is 5.91 Å². The second-order valence-electron chi connectivity index (χ2n) is 7.67. The van der Waals surface area contributed by atoms with E-state index in [4.69, 9.17) is 15.2 Å². The average molecular weight is 413 g/mol. The van der Waals surface area contributed by atoms with Gasteiger partial charge in [-0.1, -0.05) is 12.1 Å². The van der Waals surface area contributed by atoms with Gasteiger partial charge < -0.3 is 20.5 Å². The molecule has 0 saturated carbocycles. The van der Waals surface area contributed by atoms with Crippen LogP contribution in [-0.2, 0) is 22.6 Å². The zero-order valence-corrected chi connectivity index (χ0v) is 16.2. The fourth-order valence-corrected chi connectivity index (χ4v) is 3.78. The highest BCUT2D eigenvalue weighted by Gasteiger charge is 2.37. The Kier molecular flexibility index (Phi) is 5.41. The van der Waals surface area contributed by atoms with Crippen molar-refractivity contribution in [1.82, 2.24) is 5.32 Å². The Morgan fingerprint density at radius 3 is 2.67 bits per heavy atom. The molecule has 6 nitrogen and oxygen atoms in total. The summed E-state index contributed by atoms with van der Waals surface area (Å²) in [5.74, 6) is -1.67. The first-order valence-corrected chi connectivity index (χ1v) is 9.71. The Hall–Kier alpha value is -3.02. The van der Waals surface area contributed by atoms with Crippen molar-refractivity contribution in [3.8, 4) is 22.9 Å². The normalized spacial score (nSPS) is 17.7. The fourth-order valence-electron chi connectivity index (χ4n) is 3.78. The lowest BCUT2D eigenvalue weighted by Gasteiger charge is -2.32. The molecular formula is C22H21F2N3O3. The number of ether oxygens (including phenoxy) is 2. The number of carbonyl (C=O) groups excluding carboxylic acids is 1. The molecule has 2 aromatic rings. The number of nitrogens with zero attached hydrogens (tertiary/aromatic N) is 1. The maximum atomic E-state index is 13.7. The molecule has 156 valence electrons. The molecular weight excluding hydrogens is 392 g/mol. The second-order valence-corrected chi connectivity index (χ2v) is 7.67. The number of hydrogen-bond donors (Lipinski definition) is 2. The fraction of sp³-hybridized carbons (Fsp3) is 0.364. The monoisotopic (exact) mass is 413 g/mol. The maximum absolute atomic E-state index is 13.7. The Balaban J connectivity index is 1.50. The number of carbonyl (C=O) groups is 1. The van der Waals surface area contributed by atoms with Crippen molar-refractivity contribution in [1.29, 1.82) is 5.26 Å². The lowest BCUT2D eigenvalue weighted by atomic mass is 9.89. The van der Waals surface area contributed by atoms with E-state index in [0.29, 0.717) is 48.5 Å². The molecule has 4 rings (SSSR count). The van der Waals surface area contributed by atoms with E-state index in [9.17, 15) is 18.8 Å². The molecule has 0 aromatic heterocycles. The molecule has 2 aromatic carbocycles. The van der Waals surface area contributed by atoms with Crippen molar-refractivity contribution in [3.63, 3.8) is 0 Å². The SMILES string of the molecule is N#C[C@H](Cc1ccc2c(c1)OCc1cc(F)c(F)cc1-2)NC(=O)C1(N)CCOCC1. The van der Waals surface area contributed by atoms with Gasteiger partial charge in [0.05, 0.1) is 11.6 Å². The average Bonchev–Trinajstić information content (AvgIpc) is 2.74. The number of halogens is 2. The largest absolute Gasteiger partial charge is 0.488 e. The third kappa shape index (κ3) is 3.86. The molecule has 1 saturated heterocycles. The zero-order chi connectivity index (χ0) is 21.3. The molecule has 0 radical (unpaired) electrons. The molecule has 0 bridgehead atoms. The van der Waals surface area contributed by atoms with E-state index in [1.54, 1.807) is 18.2 Å². The van der Waals surface area contributed by atoms with Gasteiger partial charge in [-0.15, -0.1) is 0 Å². The van der Waals surface area contributed by atoms with Crippen LogP contribution in [-0.4, -0.2) is 30.7 Å². The Labute approximate surface area is 172 Å². The van der Waals surface area contributed by atoms with E-state index in [2.05, 4.69) is 11.4 Å². The molecule has 1 amide bonds. The highest BCUT2D eigenvalue weighted by Crippen LogP contribution is 2.39. The van der Waals surface area contributed by atoms with Crippen LogP contribution >= 0.6 is 0 Å². The lowest BCUT2D eigenvalue weighted by Crippen LogP contribution is -2.58. The van der Waals surface area contributed by atoms with Gasteiger partial charge in [-0.05, 0) is 42.2 Å². The highest BCUT2D eigenvalue weighted by molar-refractivity contribution is 5.86. The molecule has 30 heavy (non-hydrogen) atoms. The van der Waals surface area contributed by atoms with Crippen LogP contribution in [0.2, 0.25) is 0 Å². The summed E-state index contributed by atoms with van der Waals surface area (Å²) in [6, 6.07) is 8.92. The summed E-state index contributed by atoms with van der Waals surface area (Å²) in [4.78, 5) is 12.6. The van der Waals surface area contributed by atoms with Crippen molar-refractivity contribution in [2.75, 3.05) is 13.2 Å². The topological polar surface area (TPSA) is 97.4 Å². The number of rotatable bonds is 4. The van der Waals surface area contributed by atoms with E-state index < -0.39 is 23.2 Å². The number of nitrogens with one attached hydrogen (secondary N) is 1. The van der Waals surface area contributed by atoms with E-state index in [1.807, 2.05) is 0 Å². The summed E-state index contributed by atoms with van der Waals surface area (Å²) in [5, 5.41) is 12.2. The van der Waals surface area contributed by atoms with Crippen LogP contribution in [0.25, 0.3) is 11.1 Å². The van der Waals surface area contributed by atoms with Gasteiger partial charge in [0.25, 0.3) is 0 Å². The quantitative estimate of drug-likeness (QED) is 0.803. The van der Waals surface area contributed by atoms with Crippen molar-refractivity contribution in [3.05, 3.63) is 53.1 Å². The Morgan fingerprint density at radius 2 is 1.93 bits per heavy atom. The van der Waals surface area contributed by atoms with Crippen LogP contribution in [0.1, 0.15) is 24.0 Å². The zero-order valence-electron chi connectivity index (χ0n) is 16.2. The van der Waals surface area contributed by atoms with E-state index in [1.165, 1.54) is 6.07 Å². The molecule has 1 fully saturated rings. The van der Waals surface area contributed by atoms with E-state index in [0.717, 1.165) is 11.6 Å². The predicted molar refractivity (Wildman–Crippen MR) is 104 cm³/mol. The number of benzene rings is 2. The van der Waals surface area contributed by atoms with Crippen LogP contribution in [0, 0.1) is 23.0 Å². The highest BCUT2D eigenvalue weighted by atomic mass is 19.2. The Bertz CT molecular complexity index is 1030. The second kappa shape index (κ2) is 8.01. The van der Waals surface area contributed by atoms with Gasteiger partial charge >= 0.3 is 0 Å². The summed E-state index contributed by atoms with van der Waals surface area (Å²) >= 11 is 0. The number of nitrogens with two attached hydrogens (primary N) is 1. The molecule has 0 spiro atoms. The summed E-state index contributed by atoms with van der Waals surface area (Å²) in [5.41, 5.74) is 7.72. The number of amides is 1. The third-order valence-electron chi connectivity index (χ3n) is 5.60. The van der Waals surface area contributed by atoms with Crippen molar-refractivity contribution in [2.45, 2.75) is 37.5 Å². The van der Waals surface area contributed by atoms with E-state index >= 15 is 0 Å². The molecule has 8 heteroatoms.